The number of rotatable bonds is 5. The van der Waals surface area contributed by atoms with Gasteiger partial charge in [-0.05, 0) is 30.0 Å². The summed E-state index contributed by atoms with van der Waals surface area (Å²) in [6.45, 7) is 0. The van der Waals surface area contributed by atoms with E-state index < -0.39 is 0 Å². The van der Waals surface area contributed by atoms with E-state index >= 15 is 0 Å². The summed E-state index contributed by atoms with van der Waals surface area (Å²) in [5, 5.41) is 10.0. The Kier molecular flexibility index (Phi) is 4.42. The Morgan fingerprint density at radius 2 is 1.79 bits per heavy atom. The SMILES string of the molecule is COc1cccc(CC(N)Cc2ccccc2)c1O. The van der Waals surface area contributed by atoms with Gasteiger partial charge in [-0.3, -0.25) is 0 Å². The lowest BCUT2D eigenvalue weighted by Crippen LogP contribution is -2.25. The summed E-state index contributed by atoms with van der Waals surface area (Å²) in [5.41, 5.74) is 8.17. The first-order chi connectivity index (χ1) is 9.20. The van der Waals surface area contributed by atoms with E-state index in [-0.39, 0.29) is 11.8 Å². The van der Waals surface area contributed by atoms with Crippen molar-refractivity contribution in [3.05, 3.63) is 59.7 Å². The molecule has 0 aliphatic rings. The van der Waals surface area contributed by atoms with Gasteiger partial charge in [-0.2, -0.15) is 0 Å². The van der Waals surface area contributed by atoms with Gasteiger partial charge in [-0.1, -0.05) is 42.5 Å². The van der Waals surface area contributed by atoms with Crippen LogP contribution in [-0.2, 0) is 12.8 Å². The van der Waals surface area contributed by atoms with Crippen molar-refractivity contribution in [2.45, 2.75) is 18.9 Å². The Morgan fingerprint density at radius 1 is 1.05 bits per heavy atom. The topological polar surface area (TPSA) is 55.5 Å². The van der Waals surface area contributed by atoms with E-state index in [0.717, 1.165) is 12.0 Å². The van der Waals surface area contributed by atoms with E-state index in [1.807, 2.05) is 30.3 Å². The molecule has 0 fully saturated rings. The molecule has 0 aliphatic heterocycles. The molecule has 2 aromatic rings. The van der Waals surface area contributed by atoms with Gasteiger partial charge < -0.3 is 15.6 Å². The second-order valence-corrected chi connectivity index (χ2v) is 4.62. The molecule has 0 spiro atoms. The van der Waals surface area contributed by atoms with Gasteiger partial charge in [-0.25, -0.2) is 0 Å². The average Bonchev–Trinajstić information content (AvgIpc) is 2.42. The number of ether oxygens (including phenoxy) is 1. The summed E-state index contributed by atoms with van der Waals surface area (Å²) in [4.78, 5) is 0. The number of phenolic OH excluding ortho intramolecular Hbond substituents is 1. The number of nitrogens with two attached hydrogens (primary N) is 1. The van der Waals surface area contributed by atoms with Crippen LogP contribution < -0.4 is 10.5 Å². The largest absolute Gasteiger partial charge is 0.504 e. The summed E-state index contributed by atoms with van der Waals surface area (Å²) in [6.07, 6.45) is 1.41. The smallest absolute Gasteiger partial charge is 0.160 e. The van der Waals surface area contributed by atoms with Crippen LogP contribution in [0.3, 0.4) is 0 Å². The number of phenols is 1. The molecule has 0 aromatic heterocycles. The molecule has 0 aliphatic carbocycles. The van der Waals surface area contributed by atoms with Gasteiger partial charge >= 0.3 is 0 Å². The molecule has 0 saturated heterocycles. The number of para-hydroxylation sites is 1. The van der Waals surface area contributed by atoms with Crippen LogP contribution in [0.4, 0.5) is 0 Å². The van der Waals surface area contributed by atoms with E-state index in [9.17, 15) is 5.11 Å². The van der Waals surface area contributed by atoms with Crippen molar-refractivity contribution < 1.29 is 9.84 Å². The molecule has 2 rings (SSSR count). The van der Waals surface area contributed by atoms with Crippen molar-refractivity contribution in [3.63, 3.8) is 0 Å². The van der Waals surface area contributed by atoms with Crippen LogP contribution in [0.15, 0.2) is 48.5 Å². The molecule has 19 heavy (non-hydrogen) atoms. The highest BCUT2D eigenvalue weighted by atomic mass is 16.5. The Labute approximate surface area is 113 Å². The Bertz CT molecular complexity index is 526. The number of aromatic hydroxyl groups is 1. The fourth-order valence-electron chi connectivity index (χ4n) is 2.17. The fourth-order valence-corrected chi connectivity index (χ4v) is 2.17. The quantitative estimate of drug-likeness (QED) is 0.865. The third-order valence-corrected chi connectivity index (χ3v) is 3.13. The Balaban J connectivity index is 2.05. The third kappa shape index (κ3) is 3.48. The van der Waals surface area contributed by atoms with Gasteiger partial charge in [0.1, 0.15) is 0 Å². The van der Waals surface area contributed by atoms with Crippen LogP contribution in [0.1, 0.15) is 11.1 Å². The van der Waals surface area contributed by atoms with Crippen molar-refractivity contribution in [2.24, 2.45) is 5.73 Å². The molecular formula is C16H19NO2. The highest BCUT2D eigenvalue weighted by Gasteiger charge is 2.11. The van der Waals surface area contributed by atoms with Gasteiger partial charge in [0.15, 0.2) is 11.5 Å². The average molecular weight is 257 g/mol. The van der Waals surface area contributed by atoms with E-state index in [1.165, 1.54) is 5.56 Å². The summed E-state index contributed by atoms with van der Waals surface area (Å²) in [5.74, 6) is 0.679. The van der Waals surface area contributed by atoms with E-state index in [2.05, 4.69) is 12.1 Å². The zero-order chi connectivity index (χ0) is 13.7. The Morgan fingerprint density at radius 3 is 2.47 bits per heavy atom. The predicted molar refractivity (Wildman–Crippen MR) is 76.5 cm³/mol. The third-order valence-electron chi connectivity index (χ3n) is 3.13. The number of methoxy groups -OCH3 is 1. The molecule has 0 saturated carbocycles. The van der Waals surface area contributed by atoms with Crippen molar-refractivity contribution in [1.29, 1.82) is 0 Å². The summed E-state index contributed by atoms with van der Waals surface area (Å²) >= 11 is 0. The highest BCUT2D eigenvalue weighted by Crippen LogP contribution is 2.30. The maximum Gasteiger partial charge on any atom is 0.160 e. The maximum absolute atomic E-state index is 10.0. The second kappa shape index (κ2) is 6.25. The zero-order valence-electron chi connectivity index (χ0n) is 11.0. The molecule has 0 heterocycles. The highest BCUT2D eigenvalue weighted by molar-refractivity contribution is 5.45. The van der Waals surface area contributed by atoms with Crippen LogP contribution in [0.2, 0.25) is 0 Å². The molecule has 3 heteroatoms. The monoisotopic (exact) mass is 257 g/mol. The minimum atomic E-state index is -0.0274. The molecule has 100 valence electrons. The minimum Gasteiger partial charge on any atom is -0.504 e. The maximum atomic E-state index is 10.0. The summed E-state index contributed by atoms with van der Waals surface area (Å²) in [7, 11) is 1.54. The van der Waals surface area contributed by atoms with Gasteiger partial charge in [0.2, 0.25) is 0 Å². The van der Waals surface area contributed by atoms with Crippen LogP contribution in [0, 0.1) is 0 Å². The molecular weight excluding hydrogens is 238 g/mol. The molecule has 0 amide bonds. The summed E-state index contributed by atoms with van der Waals surface area (Å²) < 4.78 is 5.09. The number of hydrogen-bond acceptors (Lipinski definition) is 3. The lowest BCUT2D eigenvalue weighted by atomic mass is 9.99. The van der Waals surface area contributed by atoms with Crippen LogP contribution in [-0.4, -0.2) is 18.3 Å². The van der Waals surface area contributed by atoms with Crippen LogP contribution in [0.5, 0.6) is 11.5 Å². The van der Waals surface area contributed by atoms with Gasteiger partial charge in [0, 0.05) is 6.04 Å². The lowest BCUT2D eigenvalue weighted by Gasteiger charge is -2.14. The number of hydrogen-bond donors (Lipinski definition) is 2. The first-order valence-electron chi connectivity index (χ1n) is 6.35. The molecule has 1 atom stereocenters. The van der Waals surface area contributed by atoms with Crippen LogP contribution in [0.25, 0.3) is 0 Å². The lowest BCUT2D eigenvalue weighted by molar-refractivity contribution is 0.369. The fraction of sp³-hybridized carbons (Fsp3) is 0.250. The van der Waals surface area contributed by atoms with Crippen LogP contribution >= 0.6 is 0 Å². The van der Waals surface area contributed by atoms with Crippen molar-refractivity contribution in [3.8, 4) is 11.5 Å². The van der Waals surface area contributed by atoms with E-state index in [4.69, 9.17) is 10.5 Å². The second-order valence-electron chi connectivity index (χ2n) is 4.62. The van der Waals surface area contributed by atoms with Crippen molar-refractivity contribution in [2.75, 3.05) is 7.11 Å². The first kappa shape index (κ1) is 13.4. The van der Waals surface area contributed by atoms with Gasteiger partial charge in [0.05, 0.1) is 7.11 Å². The molecule has 0 bridgehead atoms. The van der Waals surface area contributed by atoms with Crippen molar-refractivity contribution in [1.82, 2.24) is 0 Å². The molecule has 1 unspecified atom stereocenters. The van der Waals surface area contributed by atoms with Gasteiger partial charge in [0.25, 0.3) is 0 Å². The zero-order valence-corrected chi connectivity index (χ0v) is 11.0. The number of benzene rings is 2. The van der Waals surface area contributed by atoms with Gasteiger partial charge in [-0.15, -0.1) is 0 Å². The Hall–Kier alpha value is -2.00. The summed E-state index contributed by atoms with van der Waals surface area (Å²) in [6, 6.07) is 15.6. The predicted octanol–water partition coefficient (Wildman–Crippen LogP) is 2.51. The van der Waals surface area contributed by atoms with E-state index in [0.29, 0.717) is 12.2 Å². The van der Waals surface area contributed by atoms with E-state index in [1.54, 1.807) is 13.2 Å². The first-order valence-corrected chi connectivity index (χ1v) is 6.35. The molecule has 3 nitrogen and oxygen atoms in total. The molecule has 2 aromatic carbocycles. The minimum absolute atomic E-state index is 0.0274. The standard InChI is InChI=1S/C16H19NO2/c1-19-15-9-5-8-13(16(15)18)11-14(17)10-12-6-3-2-4-7-12/h2-9,14,18H,10-11,17H2,1H3. The normalized spacial score (nSPS) is 12.1. The molecule has 0 radical (unpaired) electrons. The molecule has 3 N–H and O–H groups in total. The van der Waals surface area contributed by atoms with Crippen molar-refractivity contribution >= 4 is 0 Å².